The molecule has 2 heterocycles. The average molecular weight is 550 g/mol. The molecule has 2 amide bonds. The standard InChI is InChI=1S/C34H32FN3O3/c1-41-28-17-13-25(14-18-28)32-31(34(40)37-21-19-36(20-22-37)27-7-3-2-4-8-27)29-9-5-6-10-30(29)33(39)38(32)23-24-11-15-26(35)16-12-24/h2-18,31-32H,19-23H2,1H3/t31-,32-/m1/s1. The molecule has 0 bridgehead atoms. The lowest BCUT2D eigenvalue weighted by molar-refractivity contribution is -0.135. The Labute approximate surface area is 239 Å². The second kappa shape index (κ2) is 11.5. The highest BCUT2D eigenvalue weighted by Gasteiger charge is 2.45. The van der Waals surface area contributed by atoms with Crippen LogP contribution in [-0.4, -0.2) is 54.9 Å². The number of halogens is 1. The maximum atomic E-state index is 14.5. The van der Waals surface area contributed by atoms with Gasteiger partial charge in [0, 0.05) is 44.0 Å². The Kier molecular flexibility index (Phi) is 7.42. The number of amides is 2. The zero-order valence-corrected chi connectivity index (χ0v) is 22.9. The van der Waals surface area contributed by atoms with Crippen LogP contribution in [0.25, 0.3) is 0 Å². The molecule has 4 aromatic rings. The van der Waals surface area contributed by atoms with Crippen molar-refractivity contribution in [2.45, 2.75) is 18.5 Å². The molecule has 0 aromatic heterocycles. The van der Waals surface area contributed by atoms with Gasteiger partial charge in [-0.15, -0.1) is 0 Å². The topological polar surface area (TPSA) is 53.1 Å². The van der Waals surface area contributed by atoms with E-state index < -0.39 is 12.0 Å². The molecule has 4 aromatic carbocycles. The smallest absolute Gasteiger partial charge is 0.255 e. The van der Waals surface area contributed by atoms with Gasteiger partial charge < -0.3 is 19.4 Å². The number of methoxy groups -OCH3 is 1. The van der Waals surface area contributed by atoms with Gasteiger partial charge in [-0.2, -0.15) is 0 Å². The van der Waals surface area contributed by atoms with E-state index >= 15 is 0 Å². The molecule has 1 saturated heterocycles. The quantitative estimate of drug-likeness (QED) is 0.311. The molecule has 7 heteroatoms. The number of nitrogens with zero attached hydrogens (tertiary/aromatic N) is 3. The second-order valence-electron chi connectivity index (χ2n) is 10.5. The van der Waals surface area contributed by atoms with E-state index in [0.717, 1.165) is 35.5 Å². The molecule has 2 aliphatic rings. The highest BCUT2D eigenvalue weighted by molar-refractivity contribution is 6.01. The molecule has 0 unspecified atom stereocenters. The first-order valence-electron chi connectivity index (χ1n) is 13.9. The van der Waals surface area contributed by atoms with Crippen LogP contribution in [0.5, 0.6) is 5.75 Å². The van der Waals surface area contributed by atoms with Crippen LogP contribution in [0.1, 0.15) is 39.0 Å². The lowest BCUT2D eigenvalue weighted by Crippen LogP contribution is -2.53. The summed E-state index contributed by atoms with van der Waals surface area (Å²) in [6.07, 6.45) is 0. The zero-order chi connectivity index (χ0) is 28.3. The van der Waals surface area contributed by atoms with Crippen molar-refractivity contribution in [1.82, 2.24) is 9.80 Å². The van der Waals surface area contributed by atoms with Gasteiger partial charge >= 0.3 is 0 Å². The minimum absolute atomic E-state index is 0.00239. The number of anilines is 1. The van der Waals surface area contributed by atoms with E-state index in [1.807, 2.05) is 65.6 Å². The van der Waals surface area contributed by atoms with E-state index in [1.165, 1.54) is 12.1 Å². The van der Waals surface area contributed by atoms with Crippen molar-refractivity contribution < 1.29 is 18.7 Å². The van der Waals surface area contributed by atoms with Crippen molar-refractivity contribution in [2.75, 3.05) is 38.2 Å². The van der Waals surface area contributed by atoms with Crippen LogP contribution in [0.15, 0.2) is 103 Å². The Bertz CT molecular complexity index is 1520. The number of piperazine rings is 1. The first-order valence-corrected chi connectivity index (χ1v) is 13.9. The molecule has 2 atom stereocenters. The van der Waals surface area contributed by atoms with Crippen LogP contribution in [0, 0.1) is 5.82 Å². The molecule has 0 radical (unpaired) electrons. The van der Waals surface area contributed by atoms with Gasteiger partial charge in [0.1, 0.15) is 11.6 Å². The number of benzene rings is 4. The molecule has 0 N–H and O–H groups in total. The van der Waals surface area contributed by atoms with E-state index in [4.69, 9.17) is 4.74 Å². The van der Waals surface area contributed by atoms with Gasteiger partial charge in [-0.3, -0.25) is 9.59 Å². The lowest BCUT2D eigenvalue weighted by Gasteiger charge is -2.45. The fraction of sp³-hybridized carbons (Fsp3) is 0.235. The third kappa shape index (κ3) is 5.27. The lowest BCUT2D eigenvalue weighted by atomic mass is 9.78. The Balaban J connectivity index is 1.38. The summed E-state index contributed by atoms with van der Waals surface area (Å²) in [6.45, 7) is 2.89. The number of hydrogen-bond donors (Lipinski definition) is 0. The minimum atomic E-state index is -0.596. The van der Waals surface area contributed by atoms with Crippen LogP contribution < -0.4 is 9.64 Å². The summed E-state index contributed by atoms with van der Waals surface area (Å²) in [5.74, 6) is -0.382. The normalized spacial score (nSPS) is 18.7. The summed E-state index contributed by atoms with van der Waals surface area (Å²) in [7, 11) is 1.61. The van der Waals surface area contributed by atoms with Gasteiger partial charge in [-0.05, 0) is 59.2 Å². The molecule has 1 fully saturated rings. The minimum Gasteiger partial charge on any atom is -0.497 e. The number of ether oxygens (including phenoxy) is 1. The van der Waals surface area contributed by atoms with Crippen LogP contribution in [0.2, 0.25) is 0 Å². The molecular formula is C34H32FN3O3. The van der Waals surface area contributed by atoms with E-state index in [9.17, 15) is 14.0 Å². The van der Waals surface area contributed by atoms with Crippen LogP contribution >= 0.6 is 0 Å². The van der Waals surface area contributed by atoms with Gasteiger partial charge in [0.25, 0.3) is 5.91 Å². The Morgan fingerprint density at radius 3 is 2.17 bits per heavy atom. The highest BCUT2D eigenvalue weighted by Crippen LogP contribution is 2.45. The van der Waals surface area contributed by atoms with Crippen LogP contribution in [0.3, 0.4) is 0 Å². The third-order valence-electron chi connectivity index (χ3n) is 8.14. The molecule has 6 nitrogen and oxygen atoms in total. The van der Waals surface area contributed by atoms with Crippen molar-refractivity contribution in [3.63, 3.8) is 0 Å². The fourth-order valence-corrected chi connectivity index (χ4v) is 6.01. The van der Waals surface area contributed by atoms with Gasteiger partial charge in [-0.25, -0.2) is 4.39 Å². The van der Waals surface area contributed by atoms with Gasteiger partial charge in [0.15, 0.2) is 0 Å². The van der Waals surface area contributed by atoms with Crippen LogP contribution in [0.4, 0.5) is 10.1 Å². The van der Waals surface area contributed by atoms with Gasteiger partial charge in [0.2, 0.25) is 5.91 Å². The number of fused-ring (bicyclic) bond motifs is 1. The molecule has 0 spiro atoms. The number of para-hydroxylation sites is 1. The molecule has 41 heavy (non-hydrogen) atoms. The second-order valence-corrected chi connectivity index (χ2v) is 10.5. The summed E-state index contributed by atoms with van der Waals surface area (Å²) in [5, 5.41) is 0. The third-order valence-corrected chi connectivity index (χ3v) is 8.14. The summed E-state index contributed by atoms with van der Waals surface area (Å²) < 4.78 is 19.1. The van der Waals surface area contributed by atoms with Gasteiger partial charge in [-0.1, -0.05) is 60.7 Å². The fourth-order valence-electron chi connectivity index (χ4n) is 6.01. The van der Waals surface area contributed by atoms with Crippen molar-refractivity contribution in [3.8, 4) is 5.75 Å². The van der Waals surface area contributed by atoms with Crippen molar-refractivity contribution in [1.29, 1.82) is 0 Å². The predicted octanol–water partition coefficient (Wildman–Crippen LogP) is 5.66. The van der Waals surface area contributed by atoms with E-state index in [2.05, 4.69) is 17.0 Å². The molecular weight excluding hydrogens is 517 g/mol. The zero-order valence-electron chi connectivity index (χ0n) is 22.9. The summed E-state index contributed by atoms with van der Waals surface area (Å²) in [5.41, 5.74) is 4.05. The highest BCUT2D eigenvalue weighted by atomic mass is 19.1. The Morgan fingerprint density at radius 1 is 0.829 bits per heavy atom. The average Bonchev–Trinajstić information content (AvgIpc) is 3.03. The van der Waals surface area contributed by atoms with Crippen molar-refractivity contribution in [3.05, 3.63) is 131 Å². The van der Waals surface area contributed by atoms with Gasteiger partial charge in [0.05, 0.1) is 19.1 Å². The molecule has 0 saturated carbocycles. The monoisotopic (exact) mass is 549 g/mol. The number of rotatable bonds is 6. The first kappa shape index (κ1) is 26.6. The summed E-state index contributed by atoms with van der Waals surface area (Å²) in [6, 6.07) is 30.9. The van der Waals surface area contributed by atoms with E-state index in [-0.39, 0.29) is 24.2 Å². The largest absolute Gasteiger partial charge is 0.497 e. The summed E-state index contributed by atoms with van der Waals surface area (Å²) in [4.78, 5) is 34.5. The van der Waals surface area contributed by atoms with E-state index in [1.54, 1.807) is 30.2 Å². The number of carbonyl (C=O) groups is 2. The van der Waals surface area contributed by atoms with Crippen molar-refractivity contribution in [2.24, 2.45) is 0 Å². The number of carbonyl (C=O) groups excluding carboxylic acids is 2. The molecule has 6 rings (SSSR count). The number of hydrogen-bond acceptors (Lipinski definition) is 4. The Hall–Kier alpha value is -4.65. The maximum Gasteiger partial charge on any atom is 0.255 e. The summed E-state index contributed by atoms with van der Waals surface area (Å²) >= 11 is 0. The SMILES string of the molecule is COc1ccc([C@@H]2[C@H](C(=O)N3CCN(c4ccccc4)CC3)c3ccccc3C(=O)N2Cc2ccc(F)cc2)cc1. The molecule has 208 valence electrons. The first-order chi connectivity index (χ1) is 20.0. The molecule has 2 aliphatic heterocycles. The Morgan fingerprint density at radius 2 is 1.49 bits per heavy atom. The van der Waals surface area contributed by atoms with E-state index in [0.29, 0.717) is 24.4 Å². The van der Waals surface area contributed by atoms with Crippen LogP contribution in [-0.2, 0) is 11.3 Å². The van der Waals surface area contributed by atoms with Crippen molar-refractivity contribution >= 4 is 17.5 Å². The maximum absolute atomic E-state index is 14.5. The molecule has 0 aliphatic carbocycles. The predicted molar refractivity (Wildman–Crippen MR) is 156 cm³/mol.